The van der Waals surface area contributed by atoms with Crippen molar-refractivity contribution in [2.45, 2.75) is 46.2 Å². The summed E-state index contributed by atoms with van der Waals surface area (Å²) in [7, 11) is 0. The molecular weight excluding hydrogens is 297 g/mol. The minimum atomic E-state index is -4.20. The van der Waals surface area contributed by atoms with E-state index in [0.717, 1.165) is 11.1 Å². The molecule has 23 heavy (non-hydrogen) atoms. The fourth-order valence-corrected chi connectivity index (χ4v) is 2.50. The molecular formula is C20H23F3. The minimum Gasteiger partial charge on any atom is -0.171 e. The third kappa shape index (κ3) is 4.15. The predicted molar refractivity (Wildman–Crippen MR) is 89.5 cm³/mol. The Morgan fingerprint density at radius 3 is 2.00 bits per heavy atom. The molecule has 0 fully saturated rings. The van der Waals surface area contributed by atoms with Crippen molar-refractivity contribution in [2.75, 3.05) is 0 Å². The zero-order valence-electron chi connectivity index (χ0n) is 14.0. The maximum absolute atomic E-state index is 13.0. The molecule has 0 nitrogen and oxygen atoms in total. The van der Waals surface area contributed by atoms with Gasteiger partial charge in [0.1, 0.15) is 0 Å². The molecule has 0 atom stereocenters. The third-order valence-electron chi connectivity index (χ3n) is 4.25. The zero-order valence-corrected chi connectivity index (χ0v) is 14.0. The first-order valence-electron chi connectivity index (χ1n) is 7.86. The summed E-state index contributed by atoms with van der Waals surface area (Å²) in [6.07, 6.45) is -4.21. The quantitative estimate of drug-likeness (QED) is 0.594. The van der Waals surface area contributed by atoms with E-state index in [1.165, 1.54) is 19.4 Å². The smallest absolute Gasteiger partial charge is 0.171 e. The van der Waals surface area contributed by atoms with E-state index in [1.54, 1.807) is 12.1 Å². The van der Waals surface area contributed by atoms with Crippen LogP contribution >= 0.6 is 0 Å². The Kier molecular flexibility index (Phi) is 4.88. The van der Waals surface area contributed by atoms with Gasteiger partial charge < -0.3 is 0 Å². The van der Waals surface area contributed by atoms with Crippen LogP contribution in [0.15, 0.2) is 48.5 Å². The van der Waals surface area contributed by atoms with Crippen molar-refractivity contribution in [3.05, 3.63) is 59.7 Å². The second kappa shape index (κ2) is 6.38. The largest absolute Gasteiger partial charge is 0.394 e. The van der Waals surface area contributed by atoms with Crippen molar-refractivity contribution in [3.8, 4) is 11.1 Å². The van der Waals surface area contributed by atoms with Crippen molar-refractivity contribution in [1.82, 2.24) is 0 Å². The van der Waals surface area contributed by atoms with Gasteiger partial charge in [0.15, 0.2) is 0 Å². The lowest BCUT2D eigenvalue weighted by molar-refractivity contribution is -0.211. The van der Waals surface area contributed by atoms with Crippen LogP contribution in [0.4, 0.5) is 13.2 Å². The minimum absolute atomic E-state index is 0.0111. The summed E-state index contributed by atoms with van der Waals surface area (Å²) in [6.45, 7) is 6.77. The number of hydrogen-bond donors (Lipinski definition) is 0. The Hall–Kier alpha value is -1.77. The first-order chi connectivity index (χ1) is 10.6. The fraction of sp³-hybridized carbons (Fsp3) is 0.400. The lowest BCUT2D eigenvalue weighted by atomic mass is 9.84. The Bertz CT molecular complexity index is 649. The van der Waals surface area contributed by atoms with Gasteiger partial charge in [-0.05, 0) is 34.6 Å². The highest BCUT2D eigenvalue weighted by Gasteiger charge is 2.46. The fourth-order valence-electron chi connectivity index (χ4n) is 2.50. The van der Waals surface area contributed by atoms with Gasteiger partial charge in [-0.25, -0.2) is 0 Å². The number of rotatable bonds is 4. The Morgan fingerprint density at radius 2 is 1.48 bits per heavy atom. The Morgan fingerprint density at radius 1 is 0.870 bits per heavy atom. The predicted octanol–water partition coefficient (Wildman–Crippen LogP) is 6.61. The second-order valence-electron chi connectivity index (χ2n) is 7.04. The van der Waals surface area contributed by atoms with Crippen molar-refractivity contribution < 1.29 is 13.2 Å². The number of alkyl halides is 3. The summed E-state index contributed by atoms with van der Waals surface area (Å²) in [6, 6.07) is 15.7. The molecule has 0 aliphatic rings. The zero-order chi connectivity index (χ0) is 17.3. The SMILES string of the molecule is CC(C)c1cccc(-c2ccc(CC(C)(C)C(F)(F)F)cc2)c1. The number of benzene rings is 2. The summed E-state index contributed by atoms with van der Waals surface area (Å²) in [5.74, 6) is 0.446. The molecule has 2 aromatic rings. The van der Waals surface area contributed by atoms with Crippen LogP contribution in [0.25, 0.3) is 11.1 Å². The molecule has 0 unspecified atom stereocenters. The van der Waals surface area contributed by atoms with Crippen LogP contribution in [0.2, 0.25) is 0 Å². The molecule has 2 aromatic carbocycles. The van der Waals surface area contributed by atoms with E-state index < -0.39 is 11.6 Å². The molecule has 2 rings (SSSR count). The van der Waals surface area contributed by atoms with E-state index in [1.807, 2.05) is 24.3 Å². The van der Waals surface area contributed by atoms with Crippen LogP contribution in [0.5, 0.6) is 0 Å². The highest BCUT2D eigenvalue weighted by atomic mass is 19.4. The summed E-state index contributed by atoms with van der Waals surface area (Å²) >= 11 is 0. The monoisotopic (exact) mass is 320 g/mol. The van der Waals surface area contributed by atoms with Gasteiger partial charge in [-0.3, -0.25) is 0 Å². The summed E-state index contributed by atoms with van der Waals surface area (Å²) in [5.41, 5.74) is 2.37. The number of halogens is 3. The lowest BCUT2D eigenvalue weighted by Gasteiger charge is -2.27. The van der Waals surface area contributed by atoms with Gasteiger partial charge in [-0.1, -0.05) is 76.2 Å². The van der Waals surface area contributed by atoms with Crippen LogP contribution in [0, 0.1) is 5.41 Å². The molecule has 124 valence electrons. The van der Waals surface area contributed by atoms with E-state index in [-0.39, 0.29) is 6.42 Å². The van der Waals surface area contributed by atoms with E-state index in [9.17, 15) is 13.2 Å². The molecule has 0 aliphatic carbocycles. The summed E-state index contributed by atoms with van der Waals surface area (Å²) < 4.78 is 39.0. The highest BCUT2D eigenvalue weighted by molar-refractivity contribution is 5.64. The highest BCUT2D eigenvalue weighted by Crippen LogP contribution is 2.40. The first kappa shape index (κ1) is 17.6. The van der Waals surface area contributed by atoms with Crippen LogP contribution in [0.1, 0.15) is 44.7 Å². The van der Waals surface area contributed by atoms with Crippen molar-refractivity contribution in [2.24, 2.45) is 5.41 Å². The lowest BCUT2D eigenvalue weighted by Crippen LogP contribution is -2.34. The molecule has 0 aliphatic heterocycles. The summed E-state index contributed by atoms with van der Waals surface area (Å²) in [5, 5.41) is 0. The van der Waals surface area contributed by atoms with E-state index in [2.05, 4.69) is 26.0 Å². The topological polar surface area (TPSA) is 0 Å². The molecule has 0 spiro atoms. The van der Waals surface area contributed by atoms with Gasteiger partial charge in [-0.15, -0.1) is 0 Å². The molecule has 0 bridgehead atoms. The van der Waals surface area contributed by atoms with E-state index >= 15 is 0 Å². The van der Waals surface area contributed by atoms with E-state index in [0.29, 0.717) is 11.5 Å². The molecule has 0 heterocycles. The van der Waals surface area contributed by atoms with Crippen LogP contribution in [-0.2, 0) is 6.42 Å². The standard InChI is InChI=1S/C20H23F3/c1-14(2)17-6-5-7-18(12-17)16-10-8-15(9-11-16)13-19(3,4)20(21,22)23/h5-12,14H,13H2,1-4H3. The molecule has 0 N–H and O–H groups in total. The molecule has 3 heteroatoms. The van der Waals surface area contributed by atoms with Crippen LogP contribution in [-0.4, -0.2) is 6.18 Å². The normalized spacial score (nSPS) is 12.7. The van der Waals surface area contributed by atoms with Crippen molar-refractivity contribution >= 4 is 0 Å². The van der Waals surface area contributed by atoms with Gasteiger partial charge in [0, 0.05) is 0 Å². The van der Waals surface area contributed by atoms with Gasteiger partial charge in [0.25, 0.3) is 0 Å². The van der Waals surface area contributed by atoms with Gasteiger partial charge >= 0.3 is 6.18 Å². The molecule has 0 saturated heterocycles. The van der Waals surface area contributed by atoms with E-state index in [4.69, 9.17) is 0 Å². The Balaban J connectivity index is 2.22. The average Bonchev–Trinajstić information content (AvgIpc) is 2.46. The molecule has 0 amide bonds. The van der Waals surface area contributed by atoms with Crippen LogP contribution < -0.4 is 0 Å². The van der Waals surface area contributed by atoms with Gasteiger partial charge in [-0.2, -0.15) is 13.2 Å². The first-order valence-corrected chi connectivity index (χ1v) is 7.86. The van der Waals surface area contributed by atoms with Crippen molar-refractivity contribution in [1.29, 1.82) is 0 Å². The maximum Gasteiger partial charge on any atom is 0.394 e. The third-order valence-corrected chi connectivity index (χ3v) is 4.25. The molecule has 0 radical (unpaired) electrons. The average molecular weight is 320 g/mol. The van der Waals surface area contributed by atoms with Gasteiger partial charge in [0.2, 0.25) is 0 Å². The summed E-state index contributed by atoms with van der Waals surface area (Å²) in [4.78, 5) is 0. The van der Waals surface area contributed by atoms with Crippen LogP contribution in [0.3, 0.4) is 0 Å². The van der Waals surface area contributed by atoms with Crippen molar-refractivity contribution in [3.63, 3.8) is 0 Å². The molecule has 0 aromatic heterocycles. The number of hydrogen-bond acceptors (Lipinski definition) is 0. The van der Waals surface area contributed by atoms with Gasteiger partial charge in [0.05, 0.1) is 5.41 Å². The second-order valence-corrected chi connectivity index (χ2v) is 7.04. The Labute approximate surface area is 136 Å². The maximum atomic E-state index is 13.0. The molecule has 0 saturated carbocycles.